The Labute approximate surface area is 126 Å². The fourth-order valence-electron chi connectivity index (χ4n) is 2.45. The van der Waals surface area contributed by atoms with Crippen molar-refractivity contribution < 1.29 is 4.79 Å². The highest BCUT2D eigenvalue weighted by Crippen LogP contribution is 2.37. The minimum absolute atomic E-state index is 0.260. The SMILES string of the molecule is Cc1cnc(C(=O)Nc2sc3c(c2C#N)CCCC3)cn1. The van der Waals surface area contributed by atoms with E-state index < -0.39 is 0 Å². The van der Waals surface area contributed by atoms with Gasteiger partial charge in [0, 0.05) is 11.1 Å². The second-order valence-corrected chi connectivity index (χ2v) is 6.13. The van der Waals surface area contributed by atoms with Crippen molar-refractivity contribution in [2.45, 2.75) is 32.6 Å². The van der Waals surface area contributed by atoms with Crippen LogP contribution in [0.15, 0.2) is 12.4 Å². The fraction of sp³-hybridized carbons (Fsp3) is 0.333. The van der Waals surface area contributed by atoms with Crippen molar-refractivity contribution in [1.29, 1.82) is 5.26 Å². The molecule has 3 rings (SSSR count). The van der Waals surface area contributed by atoms with Crippen LogP contribution >= 0.6 is 11.3 Å². The predicted molar refractivity (Wildman–Crippen MR) is 80.4 cm³/mol. The first kappa shape index (κ1) is 13.7. The lowest BCUT2D eigenvalue weighted by atomic mass is 9.96. The molecule has 2 aromatic rings. The summed E-state index contributed by atoms with van der Waals surface area (Å²) >= 11 is 1.51. The number of nitrogens with zero attached hydrogens (tertiary/aromatic N) is 3. The van der Waals surface area contributed by atoms with E-state index in [-0.39, 0.29) is 11.6 Å². The molecule has 2 aromatic heterocycles. The highest BCUT2D eigenvalue weighted by atomic mass is 32.1. The summed E-state index contributed by atoms with van der Waals surface area (Å²) in [4.78, 5) is 21.5. The number of aryl methyl sites for hydroxylation is 2. The van der Waals surface area contributed by atoms with Crippen LogP contribution in [-0.2, 0) is 12.8 Å². The van der Waals surface area contributed by atoms with Gasteiger partial charge in [0.15, 0.2) is 0 Å². The van der Waals surface area contributed by atoms with Crippen LogP contribution < -0.4 is 5.32 Å². The van der Waals surface area contributed by atoms with Crippen molar-refractivity contribution in [2.24, 2.45) is 0 Å². The first-order valence-electron chi connectivity index (χ1n) is 6.83. The number of carbonyl (C=O) groups is 1. The number of rotatable bonds is 2. The monoisotopic (exact) mass is 298 g/mol. The minimum Gasteiger partial charge on any atom is -0.311 e. The Morgan fingerprint density at radius 1 is 1.33 bits per heavy atom. The van der Waals surface area contributed by atoms with Gasteiger partial charge in [-0.2, -0.15) is 5.26 Å². The summed E-state index contributed by atoms with van der Waals surface area (Å²) in [6.07, 6.45) is 7.18. The smallest absolute Gasteiger partial charge is 0.276 e. The molecule has 2 heterocycles. The van der Waals surface area contributed by atoms with Crippen molar-refractivity contribution >= 4 is 22.2 Å². The van der Waals surface area contributed by atoms with Gasteiger partial charge in [-0.1, -0.05) is 0 Å². The number of carbonyl (C=O) groups excluding carboxylic acids is 1. The number of amides is 1. The highest BCUT2D eigenvalue weighted by molar-refractivity contribution is 7.16. The van der Waals surface area contributed by atoms with E-state index in [9.17, 15) is 10.1 Å². The van der Waals surface area contributed by atoms with Crippen molar-refractivity contribution in [3.05, 3.63) is 39.8 Å². The number of fused-ring (bicyclic) bond motifs is 1. The maximum absolute atomic E-state index is 12.2. The van der Waals surface area contributed by atoms with Crippen LogP contribution in [0.4, 0.5) is 5.00 Å². The summed E-state index contributed by atoms with van der Waals surface area (Å²) in [5, 5.41) is 12.8. The number of hydrogen-bond donors (Lipinski definition) is 1. The maximum Gasteiger partial charge on any atom is 0.276 e. The molecule has 0 radical (unpaired) electrons. The van der Waals surface area contributed by atoms with Crippen LogP contribution in [0.3, 0.4) is 0 Å². The maximum atomic E-state index is 12.2. The Morgan fingerprint density at radius 3 is 2.86 bits per heavy atom. The van der Waals surface area contributed by atoms with Gasteiger partial charge in [-0.25, -0.2) is 4.98 Å². The molecule has 21 heavy (non-hydrogen) atoms. The van der Waals surface area contributed by atoms with Crippen LogP contribution in [0.25, 0.3) is 0 Å². The zero-order chi connectivity index (χ0) is 14.8. The molecule has 6 heteroatoms. The topological polar surface area (TPSA) is 78.7 Å². The standard InChI is InChI=1S/C15H14N4OS/c1-9-7-18-12(8-17-9)14(20)19-15-11(6-16)10-4-2-3-5-13(10)21-15/h7-8H,2-5H2,1H3,(H,19,20). The van der Waals surface area contributed by atoms with E-state index in [0.29, 0.717) is 10.6 Å². The van der Waals surface area contributed by atoms with Crippen LogP contribution in [0.5, 0.6) is 0 Å². The van der Waals surface area contributed by atoms with E-state index in [4.69, 9.17) is 0 Å². The first-order chi connectivity index (χ1) is 10.2. The molecule has 5 nitrogen and oxygen atoms in total. The van der Waals surface area contributed by atoms with E-state index in [2.05, 4.69) is 21.4 Å². The fourth-order valence-corrected chi connectivity index (χ4v) is 3.68. The average molecular weight is 298 g/mol. The Morgan fingerprint density at radius 2 is 2.14 bits per heavy atom. The minimum atomic E-state index is -0.322. The van der Waals surface area contributed by atoms with Crippen molar-refractivity contribution in [3.8, 4) is 6.07 Å². The third-order valence-electron chi connectivity index (χ3n) is 3.52. The van der Waals surface area contributed by atoms with Crippen molar-refractivity contribution in [2.75, 3.05) is 5.32 Å². The summed E-state index contributed by atoms with van der Waals surface area (Å²) in [6.45, 7) is 1.82. The number of nitriles is 1. The molecule has 1 N–H and O–H groups in total. The van der Waals surface area contributed by atoms with E-state index in [1.807, 2.05) is 6.92 Å². The first-order valence-corrected chi connectivity index (χ1v) is 7.65. The zero-order valence-corrected chi connectivity index (χ0v) is 12.5. The van der Waals surface area contributed by atoms with Crippen LogP contribution in [-0.4, -0.2) is 15.9 Å². The molecule has 0 aromatic carbocycles. The number of thiophene rings is 1. The Balaban J connectivity index is 1.88. The van der Waals surface area contributed by atoms with Gasteiger partial charge in [0.1, 0.15) is 16.8 Å². The summed E-state index contributed by atoms with van der Waals surface area (Å²) in [7, 11) is 0. The molecular weight excluding hydrogens is 284 g/mol. The van der Waals surface area contributed by atoms with Gasteiger partial charge in [0.2, 0.25) is 0 Å². The molecule has 0 saturated carbocycles. The molecule has 0 spiro atoms. The van der Waals surface area contributed by atoms with E-state index in [1.54, 1.807) is 6.20 Å². The lowest BCUT2D eigenvalue weighted by Crippen LogP contribution is -2.14. The predicted octanol–water partition coefficient (Wildman–Crippen LogP) is 2.85. The van der Waals surface area contributed by atoms with Gasteiger partial charge in [0.05, 0.1) is 17.5 Å². The van der Waals surface area contributed by atoms with Crippen LogP contribution in [0.1, 0.15) is 45.0 Å². The summed E-state index contributed by atoms with van der Waals surface area (Å²) in [5.41, 5.74) is 2.74. The highest BCUT2D eigenvalue weighted by Gasteiger charge is 2.22. The van der Waals surface area contributed by atoms with E-state index in [0.717, 1.165) is 36.9 Å². The third-order valence-corrected chi connectivity index (χ3v) is 4.73. The molecule has 1 aliphatic rings. The van der Waals surface area contributed by atoms with Crippen LogP contribution in [0, 0.1) is 18.3 Å². The summed E-state index contributed by atoms with van der Waals surface area (Å²) in [6, 6.07) is 2.23. The Hall–Kier alpha value is -2.26. The normalized spacial score (nSPS) is 13.3. The zero-order valence-electron chi connectivity index (χ0n) is 11.6. The summed E-state index contributed by atoms with van der Waals surface area (Å²) in [5.74, 6) is -0.322. The summed E-state index contributed by atoms with van der Waals surface area (Å²) < 4.78 is 0. The van der Waals surface area contributed by atoms with Crippen molar-refractivity contribution in [1.82, 2.24) is 9.97 Å². The second kappa shape index (κ2) is 5.62. The number of hydrogen-bond acceptors (Lipinski definition) is 5. The second-order valence-electron chi connectivity index (χ2n) is 5.02. The molecule has 0 aliphatic heterocycles. The number of aromatic nitrogens is 2. The van der Waals surface area contributed by atoms with E-state index >= 15 is 0 Å². The van der Waals surface area contributed by atoms with Gasteiger partial charge in [0.25, 0.3) is 5.91 Å². The van der Waals surface area contributed by atoms with E-state index in [1.165, 1.54) is 22.4 Å². The van der Waals surface area contributed by atoms with Gasteiger partial charge < -0.3 is 5.32 Å². The molecule has 1 aliphatic carbocycles. The molecule has 0 unspecified atom stereocenters. The van der Waals surface area contributed by atoms with Gasteiger partial charge >= 0.3 is 0 Å². The van der Waals surface area contributed by atoms with Crippen molar-refractivity contribution in [3.63, 3.8) is 0 Å². The Bertz CT molecular complexity index is 727. The molecule has 106 valence electrons. The third kappa shape index (κ3) is 2.65. The molecule has 0 saturated heterocycles. The molecule has 0 atom stereocenters. The lowest BCUT2D eigenvalue weighted by Gasteiger charge is -2.09. The average Bonchev–Trinajstić information content (AvgIpc) is 2.84. The van der Waals surface area contributed by atoms with Gasteiger partial charge in [-0.05, 0) is 38.2 Å². The van der Waals surface area contributed by atoms with Crippen LogP contribution in [0.2, 0.25) is 0 Å². The molecule has 1 amide bonds. The number of nitrogens with one attached hydrogen (secondary N) is 1. The van der Waals surface area contributed by atoms with Gasteiger partial charge in [-0.15, -0.1) is 11.3 Å². The Kier molecular flexibility index (Phi) is 3.67. The quantitative estimate of drug-likeness (QED) is 0.924. The molecular formula is C15H14N4OS. The number of anilines is 1. The lowest BCUT2D eigenvalue weighted by molar-refractivity contribution is 0.102. The van der Waals surface area contributed by atoms with Gasteiger partial charge in [-0.3, -0.25) is 9.78 Å². The molecule has 0 bridgehead atoms. The molecule has 0 fully saturated rings. The largest absolute Gasteiger partial charge is 0.311 e.